The zero-order valence-electron chi connectivity index (χ0n) is 13.6. The molecule has 1 N–H and O–H groups in total. The Labute approximate surface area is 133 Å². The van der Waals surface area contributed by atoms with Gasteiger partial charge in [0.15, 0.2) is 0 Å². The standard InChI is InChI=1S/C17H30N2O3/c20-17(18-12-16-13-21-9-10-22-16)19-8-4-7-15(19)11-14-5-2-1-3-6-14/h14-16H,1-13H2,(H,18,20)/t15-,16-/m0/s1. The van der Waals surface area contributed by atoms with Gasteiger partial charge in [-0.3, -0.25) is 0 Å². The van der Waals surface area contributed by atoms with Crippen molar-refractivity contribution in [3.05, 3.63) is 0 Å². The molecule has 3 fully saturated rings. The number of urea groups is 1. The summed E-state index contributed by atoms with van der Waals surface area (Å²) in [5.74, 6) is 0.835. The Bertz CT molecular complexity index is 352. The van der Waals surface area contributed by atoms with Gasteiger partial charge in [-0.05, 0) is 25.2 Å². The fourth-order valence-corrected chi connectivity index (χ4v) is 4.11. The molecule has 0 spiro atoms. The van der Waals surface area contributed by atoms with Gasteiger partial charge in [0, 0.05) is 19.1 Å². The average Bonchev–Trinajstić information content (AvgIpc) is 3.03. The van der Waals surface area contributed by atoms with Crippen molar-refractivity contribution in [3.63, 3.8) is 0 Å². The lowest BCUT2D eigenvalue weighted by Crippen LogP contribution is -2.47. The van der Waals surface area contributed by atoms with Crippen LogP contribution in [0.4, 0.5) is 4.79 Å². The van der Waals surface area contributed by atoms with Gasteiger partial charge in [0.1, 0.15) is 0 Å². The van der Waals surface area contributed by atoms with Crippen molar-refractivity contribution in [2.45, 2.75) is 63.5 Å². The smallest absolute Gasteiger partial charge is 0.317 e. The first-order chi connectivity index (χ1) is 10.8. The first-order valence-electron chi connectivity index (χ1n) is 9.07. The number of hydrogen-bond acceptors (Lipinski definition) is 3. The number of rotatable bonds is 4. The van der Waals surface area contributed by atoms with Crippen molar-refractivity contribution in [2.75, 3.05) is 32.9 Å². The van der Waals surface area contributed by atoms with Crippen LogP contribution < -0.4 is 5.32 Å². The van der Waals surface area contributed by atoms with E-state index in [-0.39, 0.29) is 12.1 Å². The van der Waals surface area contributed by atoms with E-state index in [1.165, 1.54) is 44.9 Å². The van der Waals surface area contributed by atoms with Gasteiger partial charge in [0.2, 0.25) is 0 Å². The summed E-state index contributed by atoms with van der Waals surface area (Å²) < 4.78 is 11.0. The third kappa shape index (κ3) is 4.35. The highest BCUT2D eigenvalue weighted by molar-refractivity contribution is 5.74. The molecule has 126 valence electrons. The van der Waals surface area contributed by atoms with Crippen LogP contribution in [0.15, 0.2) is 0 Å². The number of ether oxygens (including phenoxy) is 2. The van der Waals surface area contributed by atoms with Crippen LogP contribution in [-0.2, 0) is 9.47 Å². The maximum Gasteiger partial charge on any atom is 0.317 e. The lowest BCUT2D eigenvalue weighted by Gasteiger charge is -2.31. The Balaban J connectivity index is 1.43. The molecule has 2 atom stereocenters. The highest BCUT2D eigenvalue weighted by Gasteiger charge is 2.31. The largest absolute Gasteiger partial charge is 0.376 e. The van der Waals surface area contributed by atoms with E-state index in [0.29, 0.717) is 32.4 Å². The normalized spacial score (nSPS) is 30.5. The van der Waals surface area contributed by atoms with E-state index in [4.69, 9.17) is 9.47 Å². The topological polar surface area (TPSA) is 50.8 Å². The lowest BCUT2D eigenvalue weighted by molar-refractivity contribution is -0.0856. The molecule has 5 nitrogen and oxygen atoms in total. The summed E-state index contributed by atoms with van der Waals surface area (Å²) in [6.07, 6.45) is 10.4. The maximum absolute atomic E-state index is 12.5. The minimum atomic E-state index is 0.0112. The first kappa shape index (κ1) is 16.1. The summed E-state index contributed by atoms with van der Waals surface area (Å²) in [6.45, 7) is 3.36. The van der Waals surface area contributed by atoms with E-state index >= 15 is 0 Å². The minimum absolute atomic E-state index is 0.0112. The molecule has 1 aliphatic carbocycles. The summed E-state index contributed by atoms with van der Waals surface area (Å²) >= 11 is 0. The van der Waals surface area contributed by atoms with Crippen molar-refractivity contribution in [2.24, 2.45) is 5.92 Å². The van der Waals surface area contributed by atoms with Crippen molar-refractivity contribution in [3.8, 4) is 0 Å². The highest BCUT2D eigenvalue weighted by atomic mass is 16.6. The Morgan fingerprint density at radius 1 is 1.09 bits per heavy atom. The van der Waals surface area contributed by atoms with Crippen LogP contribution in [0.2, 0.25) is 0 Å². The van der Waals surface area contributed by atoms with Gasteiger partial charge in [-0.2, -0.15) is 0 Å². The molecule has 2 saturated heterocycles. The molecule has 3 aliphatic rings. The van der Waals surface area contributed by atoms with Crippen molar-refractivity contribution < 1.29 is 14.3 Å². The zero-order chi connectivity index (χ0) is 15.2. The molecule has 0 aromatic heterocycles. The van der Waals surface area contributed by atoms with Crippen molar-refractivity contribution in [1.82, 2.24) is 10.2 Å². The van der Waals surface area contributed by atoms with E-state index in [9.17, 15) is 4.79 Å². The van der Waals surface area contributed by atoms with E-state index in [1.807, 2.05) is 0 Å². The molecular formula is C17H30N2O3. The Kier molecular flexibility index (Phi) is 5.96. The molecule has 22 heavy (non-hydrogen) atoms. The predicted molar refractivity (Wildman–Crippen MR) is 84.9 cm³/mol. The second-order valence-corrected chi connectivity index (χ2v) is 6.98. The van der Waals surface area contributed by atoms with E-state index < -0.39 is 0 Å². The van der Waals surface area contributed by atoms with Gasteiger partial charge < -0.3 is 19.7 Å². The van der Waals surface area contributed by atoms with E-state index in [0.717, 1.165) is 18.9 Å². The maximum atomic E-state index is 12.5. The third-order valence-corrected chi connectivity index (χ3v) is 5.33. The van der Waals surface area contributed by atoms with Crippen LogP contribution in [0.25, 0.3) is 0 Å². The molecule has 3 rings (SSSR count). The molecule has 0 aromatic carbocycles. The van der Waals surface area contributed by atoms with Crippen LogP contribution in [0.5, 0.6) is 0 Å². The molecule has 0 unspecified atom stereocenters. The van der Waals surface area contributed by atoms with Gasteiger partial charge in [0.25, 0.3) is 0 Å². The number of likely N-dealkylation sites (tertiary alicyclic amines) is 1. The van der Waals surface area contributed by atoms with Crippen molar-refractivity contribution >= 4 is 6.03 Å². The monoisotopic (exact) mass is 310 g/mol. The summed E-state index contributed by atoms with van der Waals surface area (Å²) in [7, 11) is 0. The highest BCUT2D eigenvalue weighted by Crippen LogP contribution is 2.32. The van der Waals surface area contributed by atoms with E-state index in [1.54, 1.807) is 0 Å². The first-order valence-corrected chi connectivity index (χ1v) is 9.07. The second-order valence-electron chi connectivity index (χ2n) is 6.98. The van der Waals surface area contributed by atoms with Crippen LogP contribution in [-0.4, -0.2) is 56.0 Å². The van der Waals surface area contributed by atoms with Crippen LogP contribution in [0.3, 0.4) is 0 Å². The number of carbonyl (C=O) groups is 1. The quantitative estimate of drug-likeness (QED) is 0.868. The average molecular weight is 310 g/mol. The summed E-state index contributed by atoms with van der Waals surface area (Å²) in [4.78, 5) is 14.5. The summed E-state index contributed by atoms with van der Waals surface area (Å²) in [6, 6.07) is 0.541. The third-order valence-electron chi connectivity index (χ3n) is 5.33. The van der Waals surface area contributed by atoms with Gasteiger partial charge in [-0.15, -0.1) is 0 Å². The molecule has 0 radical (unpaired) electrons. The van der Waals surface area contributed by atoms with Crippen LogP contribution in [0, 0.1) is 5.92 Å². The van der Waals surface area contributed by atoms with Crippen LogP contribution >= 0.6 is 0 Å². The number of nitrogens with one attached hydrogen (secondary N) is 1. The predicted octanol–water partition coefficient (Wildman–Crippen LogP) is 2.55. The summed E-state index contributed by atoms with van der Waals surface area (Å²) in [5, 5.41) is 3.04. The van der Waals surface area contributed by atoms with Gasteiger partial charge in [-0.25, -0.2) is 4.79 Å². The lowest BCUT2D eigenvalue weighted by atomic mass is 9.84. The SMILES string of the molecule is O=C(NC[C@H]1COCCO1)N1CCC[C@H]1CC1CCCCC1. The molecule has 1 saturated carbocycles. The van der Waals surface area contributed by atoms with Gasteiger partial charge in [0.05, 0.1) is 25.9 Å². The number of amides is 2. The Morgan fingerprint density at radius 3 is 2.73 bits per heavy atom. The Hall–Kier alpha value is -0.810. The number of hydrogen-bond donors (Lipinski definition) is 1. The molecule has 2 heterocycles. The molecule has 0 aromatic rings. The minimum Gasteiger partial charge on any atom is -0.376 e. The number of nitrogens with zero attached hydrogens (tertiary/aromatic N) is 1. The van der Waals surface area contributed by atoms with Gasteiger partial charge >= 0.3 is 6.03 Å². The van der Waals surface area contributed by atoms with E-state index in [2.05, 4.69) is 10.2 Å². The Morgan fingerprint density at radius 2 is 1.95 bits per heavy atom. The summed E-state index contributed by atoms with van der Waals surface area (Å²) in [5.41, 5.74) is 0. The second kappa shape index (κ2) is 8.16. The van der Waals surface area contributed by atoms with Crippen LogP contribution in [0.1, 0.15) is 51.4 Å². The number of carbonyl (C=O) groups excluding carboxylic acids is 1. The zero-order valence-corrected chi connectivity index (χ0v) is 13.6. The molecule has 0 bridgehead atoms. The van der Waals surface area contributed by atoms with Crippen molar-refractivity contribution in [1.29, 1.82) is 0 Å². The fourth-order valence-electron chi connectivity index (χ4n) is 4.11. The molecule has 2 amide bonds. The fraction of sp³-hybridized carbons (Fsp3) is 0.941. The molecule has 5 heteroatoms. The molecular weight excluding hydrogens is 280 g/mol. The van der Waals surface area contributed by atoms with Gasteiger partial charge in [-0.1, -0.05) is 32.1 Å². The molecule has 2 aliphatic heterocycles.